The van der Waals surface area contributed by atoms with Crippen molar-refractivity contribution in [3.05, 3.63) is 12.2 Å². The van der Waals surface area contributed by atoms with E-state index in [1.807, 2.05) is 6.08 Å². The summed E-state index contributed by atoms with van der Waals surface area (Å²) >= 11 is 0. The lowest BCUT2D eigenvalue weighted by Gasteiger charge is -2.45. The van der Waals surface area contributed by atoms with Gasteiger partial charge in [-0.15, -0.1) is 0 Å². The molecule has 2 nitrogen and oxygen atoms in total. The summed E-state index contributed by atoms with van der Waals surface area (Å²) in [6.07, 6.45) is 9.26. The second-order valence-corrected chi connectivity index (χ2v) is 5.64. The van der Waals surface area contributed by atoms with Crippen molar-refractivity contribution in [2.45, 2.75) is 52.9 Å². The van der Waals surface area contributed by atoms with Crippen molar-refractivity contribution in [2.75, 3.05) is 0 Å². The molecule has 0 atom stereocenters. The molecule has 0 saturated heterocycles. The monoisotopic (exact) mass is 210 g/mol. The molecule has 0 amide bonds. The zero-order valence-electron chi connectivity index (χ0n) is 10.0. The molecular formula is C13H22O2. The molecule has 0 radical (unpaired) electrons. The van der Waals surface area contributed by atoms with Crippen LogP contribution in [0.5, 0.6) is 0 Å². The minimum Gasteiger partial charge on any atom is -0.478 e. The quantitative estimate of drug-likeness (QED) is 0.707. The van der Waals surface area contributed by atoms with Gasteiger partial charge in [0.05, 0.1) is 0 Å². The number of carbonyl (C=O) groups is 1. The van der Waals surface area contributed by atoms with E-state index in [0.29, 0.717) is 0 Å². The first-order valence-corrected chi connectivity index (χ1v) is 5.80. The van der Waals surface area contributed by atoms with Gasteiger partial charge in [-0.25, -0.2) is 4.79 Å². The lowest BCUT2D eigenvalue weighted by atomic mass is 9.59. The summed E-state index contributed by atoms with van der Waals surface area (Å²) < 4.78 is 0. The Bertz CT molecular complexity index is 252. The summed E-state index contributed by atoms with van der Waals surface area (Å²) in [6, 6.07) is 0. The molecule has 1 saturated carbocycles. The Balaban J connectivity index is 2.90. The summed E-state index contributed by atoms with van der Waals surface area (Å²) in [5.74, 6) is -0.829. The highest BCUT2D eigenvalue weighted by Crippen LogP contribution is 2.50. The SMILES string of the molecule is CC(C)(C)C1(C=CC(=O)O)CCCCC1. The molecular weight excluding hydrogens is 188 g/mol. The molecule has 86 valence electrons. The van der Waals surface area contributed by atoms with Gasteiger partial charge in [0.2, 0.25) is 0 Å². The average molecular weight is 210 g/mol. The number of aliphatic carboxylic acids is 1. The molecule has 0 unspecified atom stereocenters. The molecule has 1 fully saturated rings. The Kier molecular flexibility index (Phi) is 3.58. The molecule has 2 heteroatoms. The maximum absolute atomic E-state index is 10.6. The first-order valence-electron chi connectivity index (χ1n) is 5.80. The smallest absolute Gasteiger partial charge is 0.327 e. The average Bonchev–Trinajstić information content (AvgIpc) is 2.14. The molecule has 0 aromatic heterocycles. The number of allylic oxidation sites excluding steroid dienone is 1. The van der Waals surface area contributed by atoms with Crippen LogP contribution in [0.25, 0.3) is 0 Å². The fraction of sp³-hybridized carbons (Fsp3) is 0.769. The van der Waals surface area contributed by atoms with Crippen LogP contribution < -0.4 is 0 Å². The summed E-state index contributed by atoms with van der Waals surface area (Å²) in [4.78, 5) is 10.6. The van der Waals surface area contributed by atoms with Crippen LogP contribution in [-0.2, 0) is 4.79 Å². The number of hydrogen-bond donors (Lipinski definition) is 1. The van der Waals surface area contributed by atoms with Crippen molar-refractivity contribution in [1.29, 1.82) is 0 Å². The predicted molar refractivity (Wildman–Crippen MR) is 61.7 cm³/mol. The van der Waals surface area contributed by atoms with Crippen LogP contribution in [0.2, 0.25) is 0 Å². The highest BCUT2D eigenvalue weighted by molar-refractivity contribution is 5.79. The highest BCUT2D eigenvalue weighted by Gasteiger charge is 2.40. The van der Waals surface area contributed by atoms with Crippen LogP contribution in [0.1, 0.15) is 52.9 Å². The van der Waals surface area contributed by atoms with Gasteiger partial charge in [0.15, 0.2) is 0 Å². The molecule has 0 heterocycles. The van der Waals surface area contributed by atoms with Crippen molar-refractivity contribution in [1.82, 2.24) is 0 Å². The van der Waals surface area contributed by atoms with Crippen molar-refractivity contribution in [3.63, 3.8) is 0 Å². The van der Waals surface area contributed by atoms with Gasteiger partial charge in [0.25, 0.3) is 0 Å². The Morgan fingerprint density at radius 1 is 1.20 bits per heavy atom. The number of carboxylic acid groups (broad SMARTS) is 1. The second-order valence-electron chi connectivity index (χ2n) is 5.64. The molecule has 0 aromatic rings. The topological polar surface area (TPSA) is 37.3 Å². The maximum Gasteiger partial charge on any atom is 0.327 e. The van der Waals surface area contributed by atoms with Gasteiger partial charge in [0, 0.05) is 6.08 Å². The molecule has 0 aromatic carbocycles. The maximum atomic E-state index is 10.6. The van der Waals surface area contributed by atoms with Gasteiger partial charge in [-0.2, -0.15) is 0 Å². The Morgan fingerprint density at radius 3 is 2.13 bits per heavy atom. The molecule has 1 aliphatic carbocycles. The largest absolute Gasteiger partial charge is 0.478 e. The van der Waals surface area contributed by atoms with E-state index in [1.165, 1.54) is 25.3 Å². The van der Waals surface area contributed by atoms with Gasteiger partial charge in [0.1, 0.15) is 0 Å². The van der Waals surface area contributed by atoms with Crippen molar-refractivity contribution in [2.24, 2.45) is 10.8 Å². The fourth-order valence-corrected chi connectivity index (χ4v) is 2.58. The molecule has 1 aliphatic rings. The van der Waals surface area contributed by atoms with Crippen molar-refractivity contribution < 1.29 is 9.90 Å². The van der Waals surface area contributed by atoms with Crippen LogP contribution in [0.15, 0.2) is 12.2 Å². The van der Waals surface area contributed by atoms with E-state index in [-0.39, 0.29) is 10.8 Å². The van der Waals surface area contributed by atoms with E-state index in [1.54, 1.807) is 0 Å². The molecule has 15 heavy (non-hydrogen) atoms. The summed E-state index contributed by atoms with van der Waals surface area (Å²) in [7, 11) is 0. The lowest BCUT2D eigenvalue weighted by molar-refractivity contribution is -0.131. The standard InChI is InChI=1S/C13H22O2/c1-12(2,3)13(10-7-11(14)15)8-5-4-6-9-13/h7,10H,4-6,8-9H2,1-3H3,(H,14,15). The molecule has 1 N–H and O–H groups in total. The first kappa shape index (κ1) is 12.3. The fourth-order valence-electron chi connectivity index (χ4n) is 2.58. The van der Waals surface area contributed by atoms with Crippen LogP contribution >= 0.6 is 0 Å². The number of carboxylic acids is 1. The van der Waals surface area contributed by atoms with Crippen LogP contribution in [0.4, 0.5) is 0 Å². The zero-order chi connectivity index (χ0) is 11.5. The molecule has 0 bridgehead atoms. The minimum absolute atomic E-state index is 0.0869. The molecule has 0 spiro atoms. The third kappa shape index (κ3) is 2.83. The van der Waals surface area contributed by atoms with Crippen LogP contribution in [-0.4, -0.2) is 11.1 Å². The third-order valence-electron chi connectivity index (χ3n) is 3.78. The van der Waals surface area contributed by atoms with E-state index < -0.39 is 5.97 Å². The van der Waals surface area contributed by atoms with Gasteiger partial charge in [-0.05, 0) is 23.7 Å². The Labute approximate surface area is 92.4 Å². The minimum atomic E-state index is -0.829. The number of rotatable bonds is 2. The van der Waals surface area contributed by atoms with Gasteiger partial charge in [-0.1, -0.05) is 46.1 Å². The Hall–Kier alpha value is -0.790. The Morgan fingerprint density at radius 2 is 1.73 bits per heavy atom. The van der Waals surface area contributed by atoms with E-state index in [9.17, 15) is 4.79 Å². The van der Waals surface area contributed by atoms with E-state index >= 15 is 0 Å². The van der Waals surface area contributed by atoms with Crippen LogP contribution in [0.3, 0.4) is 0 Å². The zero-order valence-corrected chi connectivity index (χ0v) is 10.0. The summed E-state index contributed by atoms with van der Waals surface area (Å²) in [5, 5.41) is 8.74. The van der Waals surface area contributed by atoms with Gasteiger partial charge in [-0.3, -0.25) is 0 Å². The van der Waals surface area contributed by atoms with E-state index in [0.717, 1.165) is 12.8 Å². The van der Waals surface area contributed by atoms with Crippen LogP contribution in [0, 0.1) is 10.8 Å². The van der Waals surface area contributed by atoms with E-state index in [4.69, 9.17) is 5.11 Å². The van der Waals surface area contributed by atoms with Gasteiger partial charge >= 0.3 is 5.97 Å². The normalized spacial score (nSPS) is 21.8. The number of hydrogen-bond acceptors (Lipinski definition) is 1. The molecule has 1 rings (SSSR count). The van der Waals surface area contributed by atoms with Gasteiger partial charge < -0.3 is 5.11 Å². The highest BCUT2D eigenvalue weighted by atomic mass is 16.4. The summed E-state index contributed by atoms with van der Waals surface area (Å²) in [6.45, 7) is 6.64. The predicted octanol–water partition coefficient (Wildman–Crippen LogP) is 3.62. The van der Waals surface area contributed by atoms with Crippen molar-refractivity contribution >= 4 is 5.97 Å². The summed E-state index contributed by atoms with van der Waals surface area (Å²) in [5.41, 5.74) is 0.239. The first-order chi connectivity index (χ1) is 6.87. The van der Waals surface area contributed by atoms with Crippen molar-refractivity contribution in [3.8, 4) is 0 Å². The lowest BCUT2D eigenvalue weighted by Crippen LogP contribution is -2.36. The second kappa shape index (κ2) is 4.38. The van der Waals surface area contributed by atoms with E-state index in [2.05, 4.69) is 20.8 Å². The molecule has 0 aliphatic heterocycles. The third-order valence-corrected chi connectivity index (χ3v) is 3.78.